The largest absolute Gasteiger partial charge is 0.326 e. The van der Waals surface area contributed by atoms with E-state index in [1.54, 1.807) is 42.3 Å². The minimum Gasteiger partial charge on any atom is -0.326 e. The third-order valence-corrected chi connectivity index (χ3v) is 4.15. The predicted molar refractivity (Wildman–Crippen MR) is 96.9 cm³/mol. The van der Waals surface area contributed by atoms with Gasteiger partial charge >= 0.3 is 0 Å². The van der Waals surface area contributed by atoms with Crippen LogP contribution in [0.3, 0.4) is 0 Å². The number of hydrogen-bond acceptors (Lipinski definition) is 3. The molecule has 128 valence electrons. The molecule has 2 aromatic carbocycles. The number of amides is 3. The molecular weight excluding hydrogens is 318 g/mol. The normalized spacial score (nSPS) is 13.2. The molecule has 1 heterocycles. The number of aryl methyl sites for hydroxylation is 1. The SMILES string of the molecule is CC(=O)Nc1ccc(C(=O)Nc2ccc3c(c2)CCC(=O)N3C)cc1. The lowest BCUT2D eigenvalue weighted by Crippen LogP contribution is -2.31. The van der Waals surface area contributed by atoms with Crippen molar-refractivity contribution in [2.24, 2.45) is 0 Å². The van der Waals surface area contributed by atoms with Crippen molar-refractivity contribution in [2.75, 3.05) is 22.6 Å². The summed E-state index contributed by atoms with van der Waals surface area (Å²) in [7, 11) is 1.76. The second-order valence-corrected chi connectivity index (χ2v) is 6.01. The molecule has 6 nitrogen and oxygen atoms in total. The molecule has 3 amide bonds. The van der Waals surface area contributed by atoms with Gasteiger partial charge in [0.15, 0.2) is 0 Å². The summed E-state index contributed by atoms with van der Waals surface area (Å²) in [5.74, 6) is -0.284. The number of nitrogens with one attached hydrogen (secondary N) is 2. The maximum Gasteiger partial charge on any atom is 0.255 e. The number of fused-ring (bicyclic) bond motifs is 1. The van der Waals surface area contributed by atoms with E-state index in [0.29, 0.717) is 29.8 Å². The van der Waals surface area contributed by atoms with Crippen molar-refractivity contribution < 1.29 is 14.4 Å². The highest BCUT2D eigenvalue weighted by molar-refractivity contribution is 6.05. The molecule has 0 unspecified atom stereocenters. The maximum atomic E-state index is 12.4. The Bertz CT molecular complexity index is 843. The monoisotopic (exact) mass is 337 g/mol. The maximum absolute atomic E-state index is 12.4. The zero-order valence-corrected chi connectivity index (χ0v) is 14.1. The molecule has 0 aromatic heterocycles. The number of benzene rings is 2. The van der Waals surface area contributed by atoms with Crippen molar-refractivity contribution in [3.05, 3.63) is 53.6 Å². The summed E-state index contributed by atoms with van der Waals surface area (Å²) in [5.41, 5.74) is 3.76. The van der Waals surface area contributed by atoms with Gasteiger partial charge in [0, 0.05) is 43.0 Å². The van der Waals surface area contributed by atoms with Crippen LogP contribution in [0.15, 0.2) is 42.5 Å². The van der Waals surface area contributed by atoms with Crippen molar-refractivity contribution in [1.29, 1.82) is 0 Å². The van der Waals surface area contributed by atoms with Crippen LogP contribution < -0.4 is 15.5 Å². The molecular formula is C19H19N3O3. The fourth-order valence-corrected chi connectivity index (χ4v) is 2.85. The molecule has 2 aromatic rings. The predicted octanol–water partition coefficient (Wildman–Crippen LogP) is 2.81. The van der Waals surface area contributed by atoms with Crippen LogP contribution in [-0.4, -0.2) is 24.8 Å². The average Bonchev–Trinajstić information content (AvgIpc) is 2.58. The Hall–Kier alpha value is -3.15. The molecule has 2 N–H and O–H groups in total. The van der Waals surface area contributed by atoms with Gasteiger partial charge in [-0.1, -0.05) is 0 Å². The van der Waals surface area contributed by atoms with Crippen molar-refractivity contribution in [1.82, 2.24) is 0 Å². The van der Waals surface area contributed by atoms with Gasteiger partial charge in [0.25, 0.3) is 5.91 Å². The summed E-state index contributed by atoms with van der Waals surface area (Å²) in [6, 6.07) is 12.2. The van der Waals surface area contributed by atoms with Crippen LogP contribution in [0.2, 0.25) is 0 Å². The Morgan fingerprint density at radius 2 is 1.64 bits per heavy atom. The first-order valence-corrected chi connectivity index (χ1v) is 8.02. The lowest BCUT2D eigenvalue weighted by atomic mass is 10.0. The molecule has 0 atom stereocenters. The lowest BCUT2D eigenvalue weighted by molar-refractivity contribution is -0.118. The van der Waals surface area contributed by atoms with Crippen molar-refractivity contribution in [2.45, 2.75) is 19.8 Å². The number of anilines is 3. The van der Waals surface area contributed by atoms with Crippen LogP contribution in [0.4, 0.5) is 17.1 Å². The fraction of sp³-hybridized carbons (Fsp3) is 0.211. The van der Waals surface area contributed by atoms with Crippen molar-refractivity contribution in [3.8, 4) is 0 Å². The quantitative estimate of drug-likeness (QED) is 0.904. The Labute approximate surface area is 145 Å². The summed E-state index contributed by atoms with van der Waals surface area (Å²) in [6.45, 7) is 1.43. The molecule has 3 rings (SSSR count). The number of carbonyl (C=O) groups is 3. The second kappa shape index (κ2) is 6.76. The Kier molecular flexibility index (Phi) is 4.52. The zero-order chi connectivity index (χ0) is 18.0. The highest BCUT2D eigenvalue weighted by atomic mass is 16.2. The van der Waals surface area contributed by atoms with E-state index in [9.17, 15) is 14.4 Å². The molecule has 25 heavy (non-hydrogen) atoms. The highest BCUT2D eigenvalue weighted by Crippen LogP contribution is 2.29. The van der Waals surface area contributed by atoms with Gasteiger partial charge in [-0.05, 0) is 54.4 Å². The van der Waals surface area contributed by atoms with Crippen molar-refractivity contribution in [3.63, 3.8) is 0 Å². The third kappa shape index (κ3) is 3.68. The van der Waals surface area contributed by atoms with Crippen LogP contribution in [0.5, 0.6) is 0 Å². The molecule has 0 radical (unpaired) electrons. The van der Waals surface area contributed by atoms with E-state index < -0.39 is 0 Å². The van der Waals surface area contributed by atoms with E-state index in [0.717, 1.165) is 11.3 Å². The van der Waals surface area contributed by atoms with E-state index >= 15 is 0 Å². The average molecular weight is 337 g/mol. The first kappa shape index (κ1) is 16.7. The van der Waals surface area contributed by atoms with Gasteiger partial charge in [0.1, 0.15) is 0 Å². The van der Waals surface area contributed by atoms with Gasteiger partial charge in [-0.15, -0.1) is 0 Å². The zero-order valence-electron chi connectivity index (χ0n) is 14.1. The molecule has 0 spiro atoms. The van der Waals surface area contributed by atoms with Crippen LogP contribution in [0, 0.1) is 0 Å². The minimum atomic E-state index is -0.227. The van der Waals surface area contributed by atoms with Gasteiger partial charge < -0.3 is 15.5 Å². The first-order valence-electron chi connectivity index (χ1n) is 8.02. The van der Waals surface area contributed by atoms with Crippen LogP contribution >= 0.6 is 0 Å². The third-order valence-electron chi connectivity index (χ3n) is 4.15. The molecule has 1 aliphatic heterocycles. The number of hydrogen-bond donors (Lipinski definition) is 2. The Morgan fingerprint density at radius 3 is 2.32 bits per heavy atom. The molecule has 0 fully saturated rings. The van der Waals surface area contributed by atoms with Crippen molar-refractivity contribution >= 4 is 34.8 Å². The Morgan fingerprint density at radius 1 is 0.960 bits per heavy atom. The number of rotatable bonds is 3. The topological polar surface area (TPSA) is 78.5 Å². The van der Waals surface area contributed by atoms with Gasteiger partial charge in [-0.25, -0.2) is 0 Å². The van der Waals surface area contributed by atoms with Gasteiger partial charge in [0.05, 0.1) is 0 Å². The van der Waals surface area contributed by atoms with E-state index in [1.165, 1.54) is 6.92 Å². The molecule has 6 heteroatoms. The molecule has 0 saturated heterocycles. The smallest absolute Gasteiger partial charge is 0.255 e. The number of carbonyl (C=O) groups excluding carboxylic acids is 3. The minimum absolute atomic E-state index is 0.101. The number of nitrogens with zero attached hydrogens (tertiary/aromatic N) is 1. The van der Waals surface area contributed by atoms with Crippen LogP contribution in [0.1, 0.15) is 29.3 Å². The molecule has 0 saturated carbocycles. The van der Waals surface area contributed by atoms with E-state index in [-0.39, 0.29) is 17.7 Å². The molecule has 1 aliphatic rings. The molecule has 0 aliphatic carbocycles. The summed E-state index contributed by atoms with van der Waals surface area (Å²) in [6.07, 6.45) is 1.15. The van der Waals surface area contributed by atoms with Crippen LogP contribution in [0.25, 0.3) is 0 Å². The van der Waals surface area contributed by atoms with E-state index in [2.05, 4.69) is 10.6 Å². The highest BCUT2D eigenvalue weighted by Gasteiger charge is 2.21. The lowest BCUT2D eigenvalue weighted by Gasteiger charge is -2.26. The molecule has 0 bridgehead atoms. The first-order chi connectivity index (χ1) is 11.9. The van der Waals surface area contributed by atoms with Gasteiger partial charge in [-0.3, -0.25) is 14.4 Å². The summed E-state index contributed by atoms with van der Waals surface area (Å²) >= 11 is 0. The van der Waals surface area contributed by atoms with Crippen LogP contribution in [-0.2, 0) is 16.0 Å². The van der Waals surface area contributed by atoms with Gasteiger partial charge in [-0.2, -0.15) is 0 Å². The second-order valence-electron chi connectivity index (χ2n) is 6.01. The van der Waals surface area contributed by atoms with E-state index in [1.807, 2.05) is 12.1 Å². The fourth-order valence-electron chi connectivity index (χ4n) is 2.85. The Balaban J connectivity index is 1.73. The van der Waals surface area contributed by atoms with E-state index in [4.69, 9.17) is 0 Å². The standard InChI is InChI=1S/C19H19N3O3/c1-12(23)20-15-6-3-13(4-7-15)19(25)21-16-8-9-17-14(11-16)5-10-18(24)22(17)2/h3-4,6-9,11H,5,10H2,1-2H3,(H,20,23)(H,21,25). The van der Waals surface area contributed by atoms with Gasteiger partial charge in [0.2, 0.25) is 11.8 Å². The summed E-state index contributed by atoms with van der Waals surface area (Å²) in [4.78, 5) is 36.8. The summed E-state index contributed by atoms with van der Waals surface area (Å²) in [5, 5.41) is 5.52. The summed E-state index contributed by atoms with van der Waals surface area (Å²) < 4.78 is 0.